The lowest BCUT2D eigenvalue weighted by Crippen LogP contribution is -2.32. The van der Waals surface area contributed by atoms with E-state index in [1.807, 2.05) is 31.2 Å². The van der Waals surface area contributed by atoms with Gasteiger partial charge in [-0.2, -0.15) is 0 Å². The molecule has 0 radical (unpaired) electrons. The van der Waals surface area contributed by atoms with Gasteiger partial charge >= 0.3 is 0 Å². The predicted molar refractivity (Wildman–Crippen MR) is 86.1 cm³/mol. The summed E-state index contributed by atoms with van der Waals surface area (Å²) in [5.41, 5.74) is 2.88. The zero-order valence-corrected chi connectivity index (χ0v) is 14.0. The monoisotopic (exact) mass is 349 g/mol. The maximum atomic E-state index is 13.0. The van der Waals surface area contributed by atoms with Gasteiger partial charge in [-0.3, -0.25) is 4.18 Å². The molecule has 1 fully saturated rings. The Balaban J connectivity index is 1.81. The Morgan fingerprint density at radius 3 is 2.57 bits per heavy atom. The van der Waals surface area contributed by atoms with Crippen LogP contribution in [-0.4, -0.2) is 22.4 Å². The second-order valence-electron chi connectivity index (χ2n) is 5.77. The third-order valence-corrected chi connectivity index (χ3v) is 7.74. The van der Waals surface area contributed by atoms with Crippen LogP contribution in [0.25, 0.3) is 0 Å². The highest BCUT2D eigenvalue weighted by molar-refractivity contribution is 7.99. The molecule has 4 rings (SSSR count). The Bertz CT molecular complexity index is 893. The van der Waals surface area contributed by atoms with Gasteiger partial charge in [-0.05, 0) is 30.2 Å². The van der Waals surface area contributed by atoms with Gasteiger partial charge in [-0.1, -0.05) is 45.7 Å². The first kappa shape index (κ1) is 15.0. The van der Waals surface area contributed by atoms with Crippen molar-refractivity contribution in [2.45, 2.75) is 30.4 Å². The van der Waals surface area contributed by atoms with Crippen LogP contribution in [0.4, 0.5) is 0 Å². The first-order valence-electron chi connectivity index (χ1n) is 7.26. The van der Waals surface area contributed by atoms with Gasteiger partial charge < -0.3 is 0 Å². The summed E-state index contributed by atoms with van der Waals surface area (Å²) < 4.78 is 44.7. The first-order valence-corrected chi connectivity index (χ1v) is 9.73. The molecule has 23 heavy (non-hydrogen) atoms. The van der Waals surface area contributed by atoms with E-state index in [9.17, 15) is 12.6 Å². The maximum absolute atomic E-state index is 13.0. The minimum absolute atomic E-state index is 0.130. The highest BCUT2D eigenvalue weighted by Gasteiger charge is 2.52. The van der Waals surface area contributed by atoms with E-state index in [1.165, 1.54) is 12.1 Å². The van der Waals surface area contributed by atoms with Crippen molar-refractivity contribution in [3.05, 3.63) is 65.2 Å². The van der Waals surface area contributed by atoms with Crippen LogP contribution < -0.4 is 0 Å². The van der Waals surface area contributed by atoms with E-state index < -0.39 is 33.4 Å². The van der Waals surface area contributed by atoms with E-state index in [2.05, 4.69) is 0 Å². The van der Waals surface area contributed by atoms with Gasteiger partial charge in [0.1, 0.15) is 6.10 Å². The standard InChI is InChI=1S/C16H15NO4S2/c1-11-6-8-13(9-7-11)23(19,20)17-16-14-5-3-2-4-12(14)10-15(16)21-22(17)18/h2-9,15-16H,10H2,1H3/t15-,16+,22?/m0/s1. The molecule has 2 aromatic rings. The molecular weight excluding hydrogens is 334 g/mol. The third-order valence-electron chi connectivity index (χ3n) is 4.28. The minimum atomic E-state index is -3.89. The Kier molecular flexibility index (Phi) is 3.42. The fraction of sp³-hybridized carbons (Fsp3) is 0.250. The largest absolute Gasteiger partial charge is 0.272 e. The average Bonchev–Trinajstić information content (AvgIpc) is 3.02. The molecule has 120 valence electrons. The molecule has 1 aliphatic heterocycles. The molecule has 0 amide bonds. The SMILES string of the molecule is Cc1ccc(S(=O)(=O)N2[C@@H]3c4ccccc4C[C@@H]3OS2=O)cc1. The zero-order chi connectivity index (χ0) is 16.2. The summed E-state index contributed by atoms with van der Waals surface area (Å²) in [5.74, 6) is 0. The Labute approximate surface area is 137 Å². The average molecular weight is 349 g/mol. The minimum Gasteiger partial charge on any atom is -0.272 e. The van der Waals surface area contributed by atoms with Crippen molar-refractivity contribution in [1.29, 1.82) is 0 Å². The van der Waals surface area contributed by atoms with E-state index in [4.69, 9.17) is 4.18 Å². The lowest BCUT2D eigenvalue weighted by atomic mass is 10.1. The Morgan fingerprint density at radius 2 is 1.83 bits per heavy atom. The number of hydrogen-bond acceptors (Lipinski definition) is 4. The molecule has 2 aliphatic rings. The van der Waals surface area contributed by atoms with Crippen molar-refractivity contribution in [3.8, 4) is 0 Å². The molecule has 2 aromatic carbocycles. The second kappa shape index (κ2) is 5.24. The molecule has 0 aromatic heterocycles. The summed E-state index contributed by atoms with van der Waals surface area (Å²) in [6.45, 7) is 1.89. The number of aryl methyl sites for hydroxylation is 1. The fourth-order valence-corrected chi connectivity index (χ4v) is 6.30. The van der Waals surface area contributed by atoms with Gasteiger partial charge in [0.25, 0.3) is 21.3 Å². The first-order chi connectivity index (χ1) is 11.0. The normalized spacial score (nSPS) is 26.9. The number of nitrogens with zero attached hydrogens (tertiary/aromatic N) is 1. The van der Waals surface area contributed by atoms with E-state index in [0.29, 0.717) is 6.42 Å². The second-order valence-corrected chi connectivity index (χ2v) is 8.84. The highest BCUT2D eigenvalue weighted by Crippen LogP contribution is 2.46. The van der Waals surface area contributed by atoms with Crippen LogP contribution in [-0.2, 0) is 31.9 Å². The van der Waals surface area contributed by atoms with Gasteiger partial charge in [-0.15, -0.1) is 0 Å². The van der Waals surface area contributed by atoms with Crippen molar-refractivity contribution < 1.29 is 16.8 Å². The Morgan fingerprint density at radius 1 is 1.13 bits per heavy atom. The van der Waals surface area contributed by atoms with Gasteiger partial charge in [0, 0.05) is 6.42 Å². The molecule has 0 saturated carbocycles. The molecule has 0 bridgehead atoms. The molecular formula is C16H15NO4S2. The summed E-state index contributed by atoms with van der Waals surface area (Å²) in [5, 5.41) is 0. The third kappa shape index (κ3) is 2.27. The molecule has 0 spiro atoms. The number of benzene rings is 2. The van der Waals surface area contributed by atoms with Gasteiger partial charge in [0.05, 0.1) is 10.9 Å². The number of sulfonamides is 1. The van der Waals surface area contributed by atoms with Crippen LogP contribution in [0, 0.1) is 6.92 Å². The number of rotatable bonds is 2. The molecule has 1 saturated heterocycles. The van der Waals surface area contributed by atoms with E-state index in [1.54, 1.807) is 12.1 Å². The van der Waals surface area contributed by atoms with Crippen LogP contribution in [0.15, 0.2) is 53.4 Å². The van der Waals surface area contributed by atoms with E-state index >= 15 is 0 Å². The van der Waals surface area contributed by atoms with Gasteiger partial charge in [0.2, 0.25) is 0 Å². The molecule has 1 unspecified atom stereocenters. The van der Waals surface area contributed by atoms with Crippen molar-refractivity contribution in [2.24, 2.45) is 0 Å². The lowest BCUT2D eigenvalue weighted by Gasteiger charge is -2.20. The summed E-state index contributed by atoms with van der Waals surface area (Å²) in [6, 6.07) is 13.6. The van der Waals surface area contributed by atoms with Gasteiger partial charge in [0.15, 0.2) is 0 Å². The number of fused-ring (bicyclic) bond motifs is 3. The topological polar surface area (TPSA) is 63.7 Å². The maximum Gasteiger partial charge on any atom is 0.256 e. The van der Waals surface area contributed by atoms with Crippen LogP contribution in [0.1, 0.15) is 22.7 Å². The van der Waals surface area contributed by atoms with Crippen molar-refractivity contribution in [1.82, 2.24) is 3.71 Å². The summed E-state index contributed by atoms with van der Waals surface area (Å²) in [6.07, 6.45) is 0.181. The molecule has 0 N–H and O–H groups in total. The van der Waals surface area contributed by atoms with Crippen LogP contribution in [0.2, 0.25) is 0 Å². The smallest absolute Gasteiger partial charge is 0.256 e. The van der Waals surface area contributed by atoms with Crippen molar-refractivity contribution in [3.63, 3.8) is 0 Å². The van der Waals surface area contributed by atoms with Crippen LogP contribution in [0.3, 0.4) is 0 Å². The fourth-order valence-electron chi connectivity index (χ4n) is 3.16. The Hall–Kier alpha value is -1.54. The van der Waals surface area contributed by atoms with Crippen LogP contribution in [0.5, 0.6) is 0 Å². The predicted octanol–water partition coefficient (Wildman–Crippen LogP) is 2.26. The number of hydrogen-bond donors (Lipinski definition) is 0. The molecule has 1 heterocycles. The molecule has 1 aliphatic carbocycles. The lowest BCUT2D eigenvalue weighted by molar-refractivity contribution is 0.230. The quantitative estimate of drug-likeness (QED) is 0.834. The van der Waals surface area contributed by atoms with Crippen LogP contribution >= 0.6 is 0 Å². The summed E-state index contributed by atoms with van der Waals surface area (Å²) >= 11 is -2.01. The molecule has 5 nitrogen and oxygen atoms in total. The molecule has 3 atom stereocenters. The van der Waals surface area contributed by atoms with Crippen molar-refractivity contribution in [2.75, 3.05) is 0 Å². The summed E-state index contributed by atoms with van der Waals surface area (Å²) in [4.78, 5) is 0.130. The van der Waals surface area contributed by atoms with Crippen molar-refractivity contribution >= 4 is 21.3 Å². The highest BCUT2D eigenvalue weighted by atomic mass is 32.3. The van der Waals surface area contributed by atoms with Gasteiger partial charge in [-0.25, -0.2) is 12.6 Å². The summed E-state index contributed by atoms with van der Waals surface area (Å²) in [7, 11) is -3.89. The molecule has 7 heteroatoms. The zero-order valence-electron chi connectivity index (χ0n) is 12.4. The van der Waals surface area contributed by atoms with E-state index in [-0.39, 0.29) is 4.90 Å². The van der Waals surface area contributed by atoms with E-state index in [0.717, 1.165) is 20.4 Å².